The van der Waals surface area contributed by atoms with Gasteiger partial charge < -0.3 is 10.0 Å². The maximum absolute atomic E-state index is 13.5. The van der Waals surface area contributed by atoms with Crippen LogP contribution in [0.5, 0.6) is 0 Å². The van der Waals surface area contributed by atoms with Crippen molar-refractivity contribution in [3.8, 4) is 0 Å². The molecule has 4 rings (SSSR count). The van der Waals surface area contributed by atoms with E-state index in [1.807, 2.05) is 29.2 Å². The number of hydrogen-bond donors (Lipinski definition) is 1. The lowest BCUT2D eigenvalue weighted by atomic mass is 9.82. The number of aliphatic hydroxyl groups is 1. The van der Waals surface area contributed by atoms with E-state index in [9.17, 15) is 9.90 Å². The number of benzene rings is 2. The number of β-amino-alcohol motifs (C(OH)–C–C–N with tert-alkyl or cyclic N) is 1. The molecule has 1 N–H and O–H groups in total. The third kappa shape index (κ3) is 4.53. The zero-order valence-electron chi connectivity index (χ0n) is 16.5. The average Bonchev–Trinajstić information content (AvgIpc) is 2.81. The number of carbonyl (C=O) groups is 1. The topological polar surface area (TPSA) is 43.8 Å². The second-order valence-electron chi connectivity index (χ2n) is 8.26. The minimum atomic E-state index is -0.570. The molecule has 1 amide bonds. The van der Waals surface area contributed by atoms with Gasteiger partial charge in [0.1, 0.15) is 0 Å². The van der Waals surface area contributed by atoms with Crippen LogP contribution in [-0.4, -0.2) is 46.0 Å². The molecule has 2 fully saturated rings. The molecule has 4 nitrogen and oxygen atoms in total. The largest absolute Gasteiger partial charge is 0.390 e. The Bertz CT molecular complexity index is 858. The predicted octanol–water partition coefficient (Wildman–Crippen LogP) is 4.65. The van der Waals surface area contributed by atoms with Gasteiger partial charge in [-0.1, -0.05) is 58.7 Å². The fraction of sp³-hybridized carbons (Fsp3) is 0.435. The minimum Gasteiger partial charge on any atom is -0.390 e. The fourth-order valence-electron chi connectivity index (χ4n) is 4.76. The normalized spacial score (nSPS) is 28.1. The number of aliphatic hydroxyl groups excluding tert-OH is 1. The molecule has 0 aliphatic carbocycles. The summed E-state index contributed by atoms with van der Waals surface area (Å²) in [5.41, 5.74) is 2.23. The zero-order valence-corrected chi connectivity index (χ0v) is 18.8. The molecule has 2 aliphatic heterocycles. The average molecular weight is 478 g/mol. The van der Waals surface area contributed by atoms with Gasteiger partial charge in [-0.15, -0.1) is 0 Å². The molecule has 4 atom stereocenters. The van der Waals surface area contributed by atoms with Crippen molar-refractivity contribution in [2.75, 3.05) is 13.1 Å². The highest BCUT2D eigenvalue weighted by Gasteiger charge is 2.44. The van der Waals surface area contributed by atoms with Crippen LogP contribution in [-0.2, 0) is 11.3 Å². The van der Waals surface area contributed by atoms with Gasteiger partial charge in [0.05, 0.1) is 12.1 Å². The van der Waals surface area contributed by atoms with E-state index in [1.165, 1.54) is 5.56 Å². The van der Waals surface area contributed by atoms with Gasteiger partial charge in [0, 0.05) is 35.2 Å². The maximum atomic E-state index is 13.5. The second kappa shape index (κ2) is 8.76. The van der Waals surface area contributed by atoms with Crippen molar-refractivity contribution in [3.63, 3.8) is 0 Å². The third-order valence-electron chi connectivity index (χ3n) is 6.14. The Morgan fingerprint density at radius 2 is 1.76 bits per heavy atom. The first kappa shape index (κ1) is 20.9. The highest BCUT2D eigenvalue weighted by molar-refractivity contribution is 9.10. The molecule has 6 heteroatoms. The van der Waals surface area contributed by atoms with Crippen molar-refractivity contribution in [2.45, 2.75) is 44.5 Å². The monoisotopic (exact) mass is 476 g/mol. The van der Waals surface area contributed by atoms with Crippen LogP contribution in [0.1, 0.15) is 36.9 Å². The number of hydrogen-bond acceptors (Lipinski definition) is 3. The highest BCUT2D eigenvalue weighted by atomic mass is 79.9. The molecule has 2 aromatic rings. The lowest BCUT2D eigenvalue weighted by Crippen LogP contribution is -2.51. The Hall–Kier alpha value is -1.40. The van der Waals surface area contributed by atoms with Gasteiger partial charge in [-0.2, -0.15) is 0 Å². The summed E-state index contributed by atoms with van der Waals surface area (Å²) >= 11 is 9.50. The van der Waals surface area contributed by atoms with Crippen molar-refractivity contribution in [2.24, 2.45) is 5.92 Å². The molecular weight excluding hydrogens is 452 g/mol. The second-order valence-corrected chi connectivity index (χ2v) is 9.61. The highest BCUT2D eigenvalue weighted by Crippen LogP contribution is 2.40. The molecule has 0 aromatic heterocycles. The Morgan fingerprint density at radius 1 is 1.07 bits per heavy atom. The molecule has 0 saturated carbocycles. The van der Waals surface area contributed by atoms with E-state index in [-0.39, 0.29) is 18.0 Å². The summed E-state index contributed by atoms with van der Waals surface area (Å²) in [4.78, 5) is 17.5. The number of carbonyl (C=O) groups excluding carboxylic acids is 1. The molecule has 0 spiro atoms. The molecular formula is C23H26BrClN2O2. The number of rotatable bonds is 3. The van der Waals surface area contributed by atoms with E-state index in [2.05, 4.69) is 52.0 Å². The van der Waals surface area contributed by atoms with Crippen LogP contribution in [0.15, 0.2) is 53.0 Å². The number of nitrogens with zero attached hydrogens (tertiary/aromatic N) is 2. The van der Waals surface area contributed by atoms with Gasteiger partial charge in [-0.25, -0.2) is 0 Å². The third-order valence-corrected chi connectivity index (χ3v) is 6.92. The van der Waals surface area contributed by atoms with E-state index in [4.69, 9.17) is 11.6 Å². The molecule has 0 radical (unpaired) electrons. The van der Waals surface area contributed by atoms with E-state index >= 15 is 0 Å². The first-order chi connectivity index (χ1) is 13.9. The summed E-state index contributed by atoms with van der Waals surface area (Å²) in [5.74, 6) is 0.542. The number of piperidine rings is 1. The van der Waals surface area contributed by atoms with Crippen molar-refractivity contribution in [1.29, 1.82) is 0 Å². The molecule has 2 aromatic carbocycles. The van der Waals surface area contributed by atoms with Crippen LogP contribution in [0, 0.1) is 5.92 Å². The van der Waals surface area contributed by atoms with Crippen LogP contribution in [0.3, 0.4) is 0 Å². The number of amides is 1. The molecule has 2 saturated heterocycles. The van der Waals surface area contributed by atoms with Crippen LogP contribution in [0.4, 0.5) is 0 Å². The van der Waals surface area contributed by atoms with Crippen molar-refractivity contribution in [3.05, 3.63) is 69.2 Å². The first-order valence-electron chi connectivity index (χ1n) is 10.1. The molecule has 29 heavy (non-hydrogen) atoms. The van der Waals surface area contributed by atoms with Gasteiger partial charge >= 0.3 is 0 Å². The number of fused-ring (bicyclic) bond motifs is 1. The predicted molar refractivity (Wildman–Crippen MR) is 119 cm³/mol. The molecule has 2 aliphatic rings. The van der Waals surface area contributed by atoms with E-state index in [0.717, 1.165) is 22.9 Å². The summed E-state index contributed by atoms with van der Waals surface area (Å²) in [5, 5.41) is 11.5. The molecule has 154 valence electrons. The van der Waals surface area contributed by atoms with Crippen LogP contribution in [0.2, 0.25) is 5.02 Å². The Morgan fingerprint density at radius 3 is 2.45 bits per heavy atom. The number of halogens is 2. The van der Waals surface area contributed by atoms with Gasteiger partial charge in [-0.05, 0) is 54.2 Å². The summed E-state index contributed by atoms with van der Waals surface area (Å²) < 4.78 is 1.04. The summed E-state index contributed by atoms with van der Waals surface area (Å²) in [6, 6.07) is 15.9. The standard InChI is InChI=1S/C23H26BrClN2O2/c1-15-2-11-21-23(29)26(12-16-3-9-19(25)10-4-16)13-20(28)14-27(21)22(15)17-5-7-18(24)8-6-17/h3-10,15,20-22,28H,2,11-14H2,1H3/t15-,20+,21+,22+/m1/s1. The Labute approximate surface area is 185 Å². The maximum Gasteiger partial charge on any atom is 0.240 e. The summed E-state index contributed by atoms with van der Waals surface area (Å²) in [6.07, 6.45) is 1.26. The van der Waals surface area contributed by atoms with Crippen molar-refractivity contribution < 1.29 is 9.90 Å². The Balaban J connectivity index is 1.60. The minimum absolute atomic E-state index is 0.116. The summed E-state index contributed by atoms with van der Waals surface area (Å²) in [7, 11) is 0. The zero-order chi connectivity index (χ0) is 20.5. The van der Waals surface area contributed by atoms with E-state index in [0.29, 0.717) is 30.6 Å². The van der Waals surface area contributed by atoms with Crippen molar-refractivity contribution >= 4 is 33.4 Å². The molecule has 2 heterocycles. The van der Waals surface area contributed by atoms with Gasteiger partial charge in [-0.3, -0.25) is 9.69 Å². The Kier molecular flexibility index (Phi) is 6.30. The lowest BCUT2D eigenvalue weighted by molar-refractivity contribution is -0.139. The van der Waals surface area contributed by atoms with Gasteiger partial charge in [0.15, 0.2) is 0 Å². The SMILES string of the molecule is C[C@@H]1CC[C@H]2C(=O)N(Cc3ccc(Cl)cc3)C[C@H](O)CN2[C@@H]1c1ccc(Br)cc1. The lowest BCUT2D eigenvalue weighted by Gasteiger charge is -2.44. The van der Waals surface area contributed by atoms with Crippen LogP contribution < -0.4 is 0 Å². The molecule has 0 bridgehead atoms. The molecule has 0 unspecified atom stereocenters. The first-order valence-corrected chi connectivity index (χ1v) is 11.3. The van der Waals surface area contributed by atoms with Crippen LogP contribution in [0.25, 0.3) is 0 Å². The van der Waals surface area contributed by atoms with E-state index < -0.39 is 6.10 Å². The summed E-state index contributed by atoms with van der Waals surface area (Å²) in [6.45, 7) is 3.61. The smallest absolute Gasteiger partial charge is 0.240 e. The van der Waals surface area contributed by atoms with E-state index in [1.54, 1.807) is 0 Å². The quantitative estimate of drug-likeness (QED) is 0.700. The van der Waals surface area contributed by atoms with Crippen LogP contribution >= 0.6 is 27.5 Å². The van der Waals surface area contributed by atoms with Gasteiger partial charge in [0.25, 0.3) is 0 Å². The van der Waals surface area contributed by atoms with Crippen molar-refractivity contribution in [1.82, 2.24) is 9.80 Å². The van der Waals surface area contributed by atoms with Gasteiger partial charge in [0.2, 0.25) is 5.91 Å². The fourth-order valence-corrected chi connectivity index (χ4v) is 5.15.